The molecule has 2 rings (SSSR count). The molecule has 1 heterocycles. The van der Waals surface area contributed by atoms with E-state index >= 15 is 0 Å². The minimum atomic E-state index is -0.189. The van der Waals surface area contributed by atoms with Gasteiger partial charge in [0.05, 0.1) is 5.52 Å². The lowest BCUT2D eigenvalue weighted by molar-refractivity contribution is 0.304. The number of benzene rings is 1. The highest BCUT2D eigenvalue weighted by atomic mass is 16.5. The Hall–Kier alpha value is -2.95. The molecule has 1 aromatic carbocycles. The van der Waals surface area contributed by atoms with Crippen LogP contribution >= 0.6 is 0 Å². The Bertz CT molecular complexity index is 1040. The number of allylic oxidation sites excluding steroid dienone is 3. The summed E-state index contributed by atoms with van der Waals surface area (Å²) in [4.78, 5) is 13.4. The summed E-state index contributed by atoms with van der Waals surface area (Å²) in [7, 11) is 0. The molecule has 0 amide bonds. The molecule has 0 saturated carbocycles. The van der Waals surface area contributed by atoms with Crippen LogP contribution < -0.4 is 20.8 Å². The summed E-state index contributed by atoms with van der Waals surface area (Å²) in [6.07, 6.45) is 12.2. The molecule has 180 valence electrons. The van der Waals surface area contributed by atoms with Crippen LogP contribution in [0.3, 0.4) is 0 Å². The number of nitrogen functional groups attached to an aromatic ring is 1. The summed E-state index contributed by atoms with van der Waals surface area (Å²) in [6, 6.07) is 5.59. The number of ether oxygens (including phenoxy) is 2. The first-order chi connectivity index (χ1) is 15.9. The summed E-state index contributed by atoms with van der Waals surface area (Å²) >= 11 is 0. The molecule has 5 heteroatoms. The van der Waals surface area contributed by atoms with Crippen molar-refractivity contribution in [2.45, 2.75) is 72.8 Å². The molecule has 2 aromatic rings. The average Bonchev–Trinajstić information content (AvgIpc) is 2.77. The second-order valence-corrected chi connectivity index (χ2v) is 8.73. The van der Waals surface area contributed by atoms with Crippen molar-refractivity contribution in [1.82, 2.24) is 4.57 Å². The number of rotatable bonds is 14. The highest BCUT2D eigenvalue weighted by Gasteiger charge is 2.19. The molecule has 0 spiro atoms. The highest BCUT2D eigenvalue weighted by molar-refractivity contribution is 5.90. The molecule has 0 radical (unpaired) electrons. The minimum Gasteiger partial charge on any atom is -0.485 e. The fourth-order valence-electron chi connectivity index (χ4n) is 3.70. The third-order valence-corrected chi connectivity index (χ3v) is 5.53. The monoisotopic (exact) mass is 452 g/mol. The quantitative estimate of drug-likeness (QED) is 0.194. The van der Waals surface area contributed by atoms with Crippen LogP contribution in [0.15, 0.2) is 58.9 Å². The van der Waals surface area contributed by atoms with Crippen molar-refractivity contribution in [3.05, 3.63) is 64.5 Å². The van der Waals surface area contributed by atoms with Gasteiger partial charge in [0, 0.05) is 17.6 Å². The fraction of sp³-hybridized carbons (Fsp3) is 0.464. The van der Waals surface area contributed by atoms with Gasteiger partial charge in [0.1, 0.15) is 13.2 Å². The number of nitrogens with two attached hydrogens (primary N) is 1. The molecule has 0 atom stereocenters. The Morgan fingerprint density at radius 3 is 2.52 bits per heavy atom. The summed E-state index contributed by atoms with van der Waals surface area (Å²) in [6.45, 7) is 13.4. The highest BCUT2D eigenvalue weighted by Crippen LogP contribution is 2.34. The predicted octanol–water partition coefficient (Wildman–Crippen LogP) is 6.80. The van der Waals surface area contributed by atoms with E-state index in [9.17, 15) is 4.79 Å². The van der Waals surface area contributed by atoms with Crippen LogP contribution in [0.2, 0.25) is 0 Å². The number of hydrogen-bond acceptors (Lipinski definition) is 4. The third-order valence-electron chi connectivity index (χ3n) is 5.53. The molecule has 0 bridgehead atoms. The van der Waals surface area contributed by atoms with E-state index in [1.165, 1.54) is 11.1 Å². The van der Waals surface area contributed by atoms with E-state index < -0.39 is 0 Å². The summed E-state index contributed by atoms with van der Waals surface area (Å²) in [5.74, 6) is 0.702. The topological polar surface area (TPSA) is 66.5 Å². The Labute approximate surface area is 198 Å². The van der Waals surface area contributed by atoms with Gasteiger partial charge in [-0.15, -0.1) is 0 Å². The van der Waals surface area contributed by atoms with Crippen LogP contribution in [0.4, 0.5) is 5.69 Å². The zero-order chi connectivity index (χ0) is 24.2. The number of aryl methyl sites for hydroxylation is 1. The van der Waals surface area contributed by atoms with Crippen LogP contribution in [0.5, 0.6) is 11.5 Å². The van der Waals surface area contributed by atoms with E-state index in [0.29, 0.717) is 24.6 Å². The van der Waals surface area contributed by atoms with E-state index in [4.69, 9.17) is 15.2 Å². The number of pyridine rings is 1. The first kappa shape index (κ1) is 26.3. The Morgan fingerprint density at radius 2 is 1.82 bits per heavy atom. The molecule has 0 aliphatic heterocycles. The van der Waals surface area contributed by atoms with Crippen molar-refractivity contribution in [1.29, 1.82) is 0 Å². The maximum Gasteiger partial charge on any atom is 0.297 e. The number of hydrogen-bond donors (Lipinski definition) is 1. The van der Waals surface area contributed by atoms with Gasteiger partial charge in [0.15, 0.2) is 5.75 Å². The van der Waals surface area contributed by atoms with Gasteiger partial charge < -0.3 is 19.8 Å². The fourth-order valence-corrected chi connectivity index (χ4v) is 3.70. The van der Waals surface area contributed by atoms with Crippen LogP contribution in [0, 0.1) is 0 Å². The third kappa shape index (κ3) is 7.85. The van der Waals surface area contributed by atoms with Gasteiger partial charge in [-0.3, -0.25) is 4.79 Å². The number of nitrogens with zero attached hydrogens (tertiary/aromatic N) is 1. The van der Waals surface area contributed by atoms with Crippen LogP contribution in [0.25, 0.3) is 10.9 Å². The maximum absolute atomic E-state index is 13.4. The van der Waals surface area contributed by atoms with Crippen molar-refractivity contribution in [3.8, 4) is 11.5 Å². The normalized spacial score (nSPS) is 11.5. The van der Waals surface area contributed by atoms with Gasteiger partial charge in [-0.2, -0.15) is 0 Å². The first-order valence-electron chi connectivity index (χ1n) is 12.0. The molecule has 1 aromatic heterocycles. The molecule has 0 unspecified atom stereocenters. The maximum atomic E-state index is 13.4. The van der Waals surface area contributed by atoms with Gasteiger partial charge in [-0.05, 0) is 64.3 Å². The molecule has 33 heavy (non-hydrogen) atoms. The lowest BCUT2D eigenvalue weighted by Crippen LogP contribution is -2.24. The van der Waals surface area contributed by atoms with Crippen LogP contribution in [-0.2, 0) is 6.54 Å². The van der Waals surface area contributed by atoms with Crippen molar-refractivity contribution < 1.29 is 9.47 Å². The Kier molecular flexibility index (Phi) is 10.8. The number of aromatic nitrogens is 1. The zero-order valence-electron chi connectivity index (χ0n) is 20.8. The zero-order valence-corrected chi connectivity index (χ0v) is 20.8. The number of unbranched alkanes of at least 4 members (excludes halogenated alkanes) is 3. The summed E-state index contributed by atoms with van der Waals surface area (Å²) in [5.41, 5.74) is 9.86. The van der Waals surface area contributed by atoms with E-state index in [0.717, 1.165) is 49.4 Å². The molecular formula is C28H40N2O3. The lowest BCUT2D eigenvalue weighted by atomic mass is 10.1. The largest absolute Gasteiger partial charge is 0.485 e. The molecule has 5 nitrogen and oxygen atoms in total. The summed E-state index contributed by atoms with van der Waals surface area (Å²) in [5, 5.41) is 0.828. The van der Waals surface area contributed by atoms with Gasteiger partial charge in [0.2, 0.25) is 5.75 Å². The Morgan fingerprint density at radius 1 is 1.06 bits per heavy atom. The second-order valence-electron chi connectivity index (χ2n) is 8.73. The summed E-state index contributed by atoms with van der Waals surface area (Å²) < 4.78 is 13.8. The minimum absolute atomic E-state index is 0.189. The van der Waals surface area contributed by atoms with E-state index in [1.54, 1.807) is 10.6 Å². The SMILES string of the molecule is C=CCOc1c(OC/C=C(\C)CCC=C(C)C)c2ccc(N)cc2n(CCCCCC)c1=O. The molecule has 0 aliphatic rings. The van der Waals surface area contributed by atoms with Crippen LogP contribution in [-0.4, -0.2) is 17.8 Å². The standard InChI is InChI=1S/C28H40N2O3/c1-6-8-9-10-17-30-25-20-23(29)14-15-24(25)26(27(28(30)31)32-18-7-2)33-19-16-22(5)13-11-12-21(3)4/h7,12,14-16,20H,2,6,8-11,13,17-19,29H2,1,3-5H3/b22-16+. The van der Waals surface area contributed by atoms with E-state index in [2.05, 4.69) is 46.4 Å². The van der Waals surface area contributed by atoms with Crippen LogP contribution in [0.1, 0.15) is 66.2 Å². The van der Waals surface area contributed by atoms with E-state index in [-0.39, 0.29) is 17.9 Å². The smallest absolute Gasteiger partial charge is 0.297 e. The van der Waals surface area contributed by atoms with Crippen molar-refractivity contribution in [2.75, 3.05) is 18.9 Å². The molecule has 0 aliphatic carbocycles. The van der Waals surface area contributed by atoms with Gasteiger partial charge in [-0.1, -0.05) is 56.1 Å². The van der Waals surface area contributed by atoms with Crippen molar-refractivity contribution in [3.63, 3.8) is 0 Å². The van der Waals surface area contributed by atoms with Crippen molar-refractivity contribution >= 4 is 16.6 Å². The number of anilines is 1. The molecule has 2 N–H and O–H groups in total. The van der Waals surface area contributed by atoms with E-state index in [1.807, 2.05) is 18.2 Å². The van der Waals surface area contributed by atoms with Gasteiger partial charge >= 0.3 is 0 Å². The Balaban J connectivity index is 2.41. The molecule has 0 saturated heterocycles. The predicted molar refractivity (Wildman–Crippen MR) is 140 cm³/mol. The first-order valence-corrected chi connectivity index (χ1v) is 12.0. The second kappa shape index (κ2) is 13.6. The molecule has 0 fully saturated rings. The van der Waals surface area contributed by atoms with Gasteiger partial charge in [-0.25, -0.2) is 0 Å². The van der Waals surface area contributed by atoms with Gasteiger partial charge in [0.25, 0.3) is 5.56 Å². The molecular weight excluding hydrogens is 412 g/mol. The number of fused-ring (bicyclic) bond motifs is 1. The van der Waals surface area contributed by atoms with Crippen molar-refractivity contribution in [2.24, 2.45) is 0 Å². The lowest BCUT2D eigenvalue weighted by Gasteiger charge is -2.18. The average molecular weight is 453 g/mol.